The summed E-state index contributed by atoms with van der Waals surface area (Å²) in [4.78, 5) is 11.8. The van der Waals surface area contributed by atoms with E-state index in [1.165, 1.54) is 0 Å². The first-order chi connectivity index (χ1) is 13.0. The topological polar surface area (TPSA) is 107 Å². The van der Waals surface area contributed by atoms with E-state index in [1.54, 1.807) is 0 Å². The van der Waals surface area contributed by atoms with E-state index in [1.807, 2.05) is 0 Å². The molecule has 0 aliphatic heterocycles. The molecule has 0 radical (unpaired) electrons. The van der Waals surface area contributed by atoms with Gasteiger partial charge in [0.15, 0.2) is 0 Å². The summed E-state index contributed by atoms with van der Waals surface area (Å²) in [6.07, 6.45) is -0.265. The highest BCUT2D eigenvalue weighted by atomic mass is 32.3. The molecule has 1 atom stereocenters. The summed E-state index contributed by atoms with van der Waals surface area (Å²) in [7, 11) is -13.7. The molecule has 0 spiro atoms. The maximum absolute atomic E-state index is 12.7. The van der Waals surface area contributed by atoms with Crippen molar-refractivity contribution in [3.05, 3.63) is 4.58 Å². The van der Waals surface area contributed by atoms with Crippen molar-refractivity contribution in [2.45, 2.75) is 75.0 Å². The Balaban J connectivity index is 2.97. The van der Waals surface area contributed by atoms with E-state index < -0.39 is 53.9 Å². The zero-order valence-corrected chi connectivity index (χ0v) is 16.8. The van der Waals surface area contributed by atoms with Crippen molar-refractivity contribution in [3.63, 3.8) is 0 Å². The van der Waals surface area contributed by atoms with Gasteiger partial charge in [-0.1, -0.05) is 30.3 Å². The molecule has 0 aromatic rings. The van der Waals surface area contributed by atoms with Crippen LogP contribution in [0.25, 0.3) is 0 Å². The lowest BCUT2D eigenvalue weighted by Crippen LogP contribution is -2.42. The maximum Gasteiger partial charge on any atom is 0.469 e. The van der Waals surface area contributed by atoms with Crippen LogP contribution in [0.15, 0.2) is 0 Å². The SMILES string of the molecule is CC(C[C-](S(=O)(=O)C(F)(F)F)S(=O)(=O)C(F)(F)F)OC(=O)NC1CCCCCC1. The molecule has 1 aliphatic carbocycles. The second-order valence-electron chi connectivity index (χ2n) is 6.52. The van der Waals surface area contributed by atoms with Gasteiger partial charge in [0.25, 0.3) is 0 Å². The smallest absolute Gasteiger partial charge is 0.449 e. The zero-order chi connectivity index (χ0) is 22.7. The van der Waals surface area contributed by atoms with E-state index in [-0.39, 0.29) is 6.04 Å². The third-order valence-corrected chi connectivity index (χ3v) is 8.22. The van der Waals surface area contributed by atoms with E-state index in [4.69, 9.17) is 0 Å². The van der Waals surface area contributed by atoms with Gasteiger partial charge in [-0.25, -0.2) is 4.79 Å². The molecule has 0 saturated heterocycles. The number of carbonyl (C=O) groups excluding carboxylic acids is 1. The minimum absolute atomic E-state index is 0.321. The largest absolute Gasteiger partial charge is 0.469 e. The number of nitrogens with one attached hydrogen (secondary N) is 1. The molecule has 0 heterocycles. The molecule has 0 aromatic carbocycles. The minimum Gasteiger partial charge on any atom is -0.449 e. The summed E-state index contributed by atoms with van der Waals surface area (Å²) in [6, 6.07) is -0.321. The second-order valence-corrected chi connectivity index (χ2v) is 10.7. The van der Waals surface area contributed by atoms with Crippen LogP contribution in [0.1, 0.15) is 51.9 Å². The van der Waals surface area contributed by atoms with Crippen LogP contribution in [0.2, 0.25) is 0 Å². The van der Waals surface area contributed by atoms with E-state index in [9.17, 15) is 48.0 Å². The van der Waals surface area contributed by atoms with Crippen LogP contribution in [0, 0.1) is 4.58 Å². The Morgan fingerprint density at radius 2 is 1.38 bits per heavy atom. The van der Waals surface area contributed by atoms with Crippen LogP contribution < -0.4 is 5.32 Å². The third kappa shape index (κ3) is 6.62. The average molecular weight is 476 g/mol. The van der Waals surface area contributed by atoms with Crippen LogP contribution in [-0.2, 0) is 24.4 Å². The van der Waals surface area contributed by atoms with Gasteiger partial charge in [0, 0.05) is 6.04 Å². The van der Waals surface area contributed by atoms with Gasteiger partial charge >= 0.3 is 17.1 Å². The molecule has 0 aromatic heterocycles. The van der Waals surface area contributed by atoms with Gasteiger partial charge in [-0.2, -0.15) is 26.3 Å². The van der Waals surface area contributed by atoms with Crippen molar-refractivity contribution in [1.82, 2.24) is 5.32 Å². The van der Waals surface area contributed by atoms with Gasteiger partial charge in [-0.3, -0.25) is 16.8 Å². The summed E-state index contributed by atoms with van der Waals surface area (Å²) in [6.45, 7) is 0.782. The molecule has 1 saturated carbocycles. The van der Waals surface area contributed by atoms with Crippen LogP contribution in [0.5, 0.6) is 0 Å². The van der Waals surface area contributed by atoms with Crippen LogP contribution in [-0.4, -0.2) is 46.1 Å². The normalized spacial score (nSPS) is 18.9. The number of sulfone groups is 2. The van der Waals surface area contributed by atoms with Crippen LogP contribution >= 0.6 is 0 Å². The summed E-state index contributed by atoms with van der Waals surface area (Å²) in [5, 5.41) is 2.39. The van der Waals surface area contributed by atoms with Crippen molar-refractivity contribution < 1.29 is 52.7 Å². The molecule has 172 valence electrons. The lowest BCUT2D eigenvalue weighted by Gasteiger charge is -2.33. The first-order valence-electron chi connectivity index (χ1n) is 8.46. The van der Waals surface area contributed by atoms with E-state index in [2.05, 4.69) is 10.1 Å². The summed E-state index contributed by atoms with van der Waals surface area (Å²) in [5.41, 5.74) is -12.6. The van der Waals surface area contributed by atoms with Gasteiger partial charge in [-0.15, -0.1) is 6.42 Å². The molecule has 15 heteroatoms. The number of alkyl halides is 6. The third-order valence-electron chi connectivity index (χ3n) is 4.15. The molecule has 7 nitrogen and oxygen atoms in total. The number of halogens is 6. The Morgan fingerprint density at radius 3 is 1.76 bits per heavy atom. The number of amides is 1. The zero-order valence-electron chi connectivity index (χ0n) is 15.1. The molecular weight excluding hydrogens is 456 g/mol. The number of carbonyl (C=O) groups is 1. The first-order valence-corrected chi connectivity index (χ1v) is 11.4. The second kappa shape index (κ2) is 9.27. The maximum atomic E-state index is 12.7. The summed E-state index contributed by atoms with van der Waals surface area (Å²) in [5.74, 6) is 0. The molecule has 1 rings (SSSR count). The minimum atomic E-state index is -6.85. The standard InChI is InChI=1S/C14H20F6NO6S2/c1-9(27-12(22)21-10-6-4-2-3-5-7-10)8-11(28(23,24)13(15,16)17)29(25,26)14(18,19)20/h9-10H,2-8H2,1H3,(H,21,22)/q-1. The fourth-order valence-corrected chi connectivity index (χ4v) is 5.85. The Labute approximate surface area is 164 Å². The van der Waals surface area contributed by atoms with E-state index >= 15 is 0 Å². The molecule has 0 bridgehead atoms. The quantitative estimate of drug-likeness (QED) is 0.357. The molecule has 1 N–H and O–H groups in total. The highest BCUT2D eigenvalue weighted by molar-refractivity contribution is 8.13. The number of hydrogen-bond acceptors (Lipinski definition) is 6. The molecular formula is C14H20F6NO6S2-. The summed E-state index contributed by atoms with van der Waals surface area (Å²) < 4.78 is 124. The Bertz CT molecular complexity index is 725. The van der Waals surface area contributed by atoms with Gasteiger partial charge in [-0.05, 0) is 19.8 Å². The van der Waals surface area contributed by atoms with Crippen LogP contribution in [0.3, 0.4) is 0 Å². The summed E-state index contributed by atoms with van der Waals surface area (Å²) >= 11 is 0. The molecule has 1 fully saturated rings. The van der Waals surface area contributed by atoms with E-state index in [0.717, 1.165) is 32.6 Å². The lowest BCUT2D eigenvalue weighted by atomic mass is 10.1. The van der Waals surface area contributed by atoms with Gasteiger partial charge < -0.3 is 10.1 Å². The molecule has 1 amide bonds. The Morgan fingerprint density at radius 1 is 0.966 bits per heavy atom. The van der Waals surface area contributed by atoms with E-state index in [0.29, 0.717) is 12.8 Å². The van der Waals surface area contributed by atoms with Gasteiger partial charge in [0.05, 0.1) is 6.10 Å². The number of hydrogen-bond donors (Lipinski definition) is 1. The fourth-order valence-electron chi connectivity index (χ4n) is 2.71. The average Bonchev–Trinajstić information content (AvgIpc) is 2.78. The predicted molar refractivity (Wildman–Crippen MR) is 88.4 cm³/mol. The number of alkyl carbamates (subject to hydrolysis) is 1. The van der Waals surface area contributed by atoms with Gasteiger partial charge in [0.1, 0.15) is 19.7 Å². The number of ether oxygens (including phenoxy) is 1. The van der Waals surface area contributed by atoms with Crippen LogP contribution in [0.4, 0.5) is 31.1 Å². The monoisotopic (exact) mass is 476 g/mol. The van der Waals surface area contributed by atoms with Crippen molar-refractivity contribution in [1.29, 1.82) is 0 Å². The highest BCUT2D eigenvalue weighted by Gasteiger charge is 2.54. The van der Waals surface area contributed by atoms with Gasteiger partial charge in [0.2, 0.25) is 0 Å². The predicted octanol–water partition coefficient (Wildman–Crippen LogP) is 3.57. The first kappa shape index (κ1) is 25.8. The fraction of sp³-hybridized carbons (Fsp3) is 0.857. The lowest BCUT2D eigenvalue weighted by molar-refractivity contribution is -0.0458. The molecule has 29 heavy (non-hydrogen) atoms. The molecule has 1 aliphatic rings. The van der Waals surface area contributed by atoms with Crippen molar-refractivity contribution in [2.24, 2.45) is 0 Å². The van der Waals surface area contributed by atoms with Crippen molar-refractivity contribution in [2.75, 3.05) is 0 Å². The number of rotatable bonds is 6. The molecule has 1 unspecified atom stereocenters. The Kier molecular flexibility index (Phi) is 8.24. The Hall–Kier alpha value is -1.25. The van der Waals surface area contributed by atoms with Crippen molar-refractivity contribution in [3.8, 4) is 0 Å². The highest BCUT2D eigenvalue weighted by Crippen LogP contribution is 2.43. The van der Waals surface area contributed by atoms with Crippen molar-refractivity contribution >= 4 is 25.8 Å².